The fourth-order valence-electron chi connectivity index (χ4n) is 1.67. The molecular formula is C11H22N4O2. The summed E-state index contributed by atoms with van der Waals surface area (Å²) >= 11 is 0. The van der Waals surface area contributed by atoms with E-state index in [1.165, 1.54) is 4.90 Å². The van der Waals surface area contributed by atoms with Gasteiger partial charge < -0.3 is 16.0 Å². The third kappa shape index (κ3) is 4.70. The lowest BCUT2D eigenvalue weighted by Crippen LogP contribution is -2.58. The van der Waals surface area contributed by atoms with Gasteiger partial charge in [0.25, 0.3) is 0 Å². The number of nitrogens with two attached hydrogens (primary N) is 1. The van der Waals surface area contributed by atoms with Crippen LogP contribution in [0.2, 0.25) is 0 Å². The molecular weight excluding hydrogens is 220 g/mol. The van der Waals surface area contributed by atoms with E-state index in [4.69, 9.17) is 5.73 Å². The average Bonchev–Trinajstić information content (AvgIpc) is 2.24. The van der Waals surface area contributed by atoms with Crippen LogP contribution in [0.25, 0.3) is 0 Å². The number of nitrogens with one attached hydrogen (secondary N) is 1. The highest BCUT2D eigenvalue weighted by Crippen LogP contribution is 2.04. The third-order valence-corrected chi connectivity index (χ3v) is 2.72. The Balaban J connectivity index is 2.19. The minimum Gasteiger partial charge on any atom is -0.355 e. The number of carbonyl (C=O) groups excluding carboxylic acids is 2. The number of amides is 2. The number of likely N-dealkylation sites (tertiary alicyclic amines) is 1. The lowest BCUT2D eigenvalue weighted by atomic mass is 10.1. The van der Waals surface area contributed by atoms with Gasteiger partial charge >= 0.3 is 0 Å². The Labute approximate surface area is 102 Å². The molecule has 0 bridgehead atoms. The van der Waals surface area contributed by atoms with E-state index in [9.17, 15) is 9.59 Å². The van der Waals surface area contributed by atoms with Crippen molar-refractivity contribution >= 4 is 11.8 Å². The quantitative estimate of drug-likeness (QED) is 0.601. The molecule has 0 saturated carbocycles. The van der Waals surface area contributed by atoms with Crippen LogP contribution in [0.15, 0.2) is 0 Å². The number of carbonyl (C=O) groups is 2. The molecule has 1 aliphatic rings. The lowest BCUT2D eigenvalue weighted by molar-refractivity contribution is -0.136. The van der Waals surface area contributed by atoms with Gasteiger partial charge in [-0.25, -0.2) is 0 Å². The van der Waals surface area contributed by atoms with Gasteiger partial charge in [0.05, 0.1) is 13.1 Å². The number of likely N-dealkylation sites (N-methyl/N-ethyl adjacent to an activating group) is 1. The van der Waals surface area contributed by atoms with Crippen LogP contribution in [-0.2, 0) is 9.59 Å². The highest BCUT2D eigenvalue weighted by molar-refractivity contribution is 5.85. The van der Waals surface area contributed by atoms with Crippen LogP contribution in [0.5, 0.6) is 0 Å². The zero-order valence-corrected chi connectivity index (χ0v) is 10.6. The maximum Gasteiger partial charge on any atom is 0.239 e. The van der Waals surface area contributed by atoms with Crippen LogP contribution in [0, 0.1) is 0 Å². The molecule has 1 rings (SSSR count). The van der Waals surface area contributed by atoms with Gasteiger partial charge in [-0.3, -0.25) is 14.5 Å². The van der Waals surface area contributed by atoms with Crippen molar-refractivity contribution in [2.75, 3.05) is 39.8 Å². The Morgan fingerprint density at radius 1 is 1.47 bits per heavy atom. The number of rotatable bonds is 6. The van der Waals surface area contributed by atoms with E-state index in [0.717, 1.165) is 19.5 Å². The maximum absolute atomic E-state index is 11.7. The van der Waals surface area contributed by atoms with Gasteiger partial charge in [-0.05, 0) is 6.42 Å². The van der Waals surface area contributed by atoms with Gasteiger partial charge in [-0.1, -0.05) is 6.92 Å². The van der Waals surface area contributed by atoms with Gasteiger partial charge in [0, 0.05) is 32.7 Å². The predicted octanol–water partition coefficient (Wildman–Crippen LogP) is -1.39. The van der Waals surface area contributed by atoms with Gasteiger partial charge in [-0.15, -0.1) is 0 Å². The van der Waals surface area contributed by atoms with Crippen molar-refractivity contribution in [1.29, 1.82) is 0 Å². The molecule has 0 aromatic carbocycles. The summed E-state index contributed by atoms with van der Waals surface area (Å²) in [5.74, 6) is -0.147. The normalized spacial score (nSPS) is 16.4. The van der Waals surface area contributed by atoms with Crippen LogP contribution < -0.4 is 11.1 Å². The molecule has 0 spiro atoms. The zero-order valence-electron chi connectivity index (χ0n) is 10.6. The standard InChI is InChI=1S/C11H22N4O2/c1-3-4-13-10(16)7-14(2)11(17)8-15-5-9(12)6-15/h9H,3-8,12H2,1-2H3,(H,13,16). The first-order valence-electron chi connectivity index (χ1n) is 6.01. The number of nitrogens with zero attached hydrogens (tertiary/aromatic N) is 2. The van der Waals surface area contributed by atoms with E-state index < -0.39 is 0 Å². The number of hydrogen-bond acceptors (Lipinski definition) is 4. The van der Waals surface area contributed by atoms with E-state index in [1.807, 2.05) is 11.8 Å². The zero-order chi connectivity index (χ0) is 12.8. The lowest BCUT2D eigenvalue weighted by Gasteiger charge is -2.36. The summed E-state index contributed by atoms with van der Waals surface area (Å²) in [6, 6.07) is 0.195. The van der Waals surface area contributed by atoms with E-state index in [2.05, 4.69) is 5.32 Å². The second-order valence-electron chi connectivity index (χ2n) is 4.55. The molecule has 6 heteroatoms. The van der Waals surface area contributed by atoms with Crippen molar-refractivity contribution in [1.82, 2.24) is 15.1 Å². The molecule has 0 aliphatic carbocycles. The van der Waals surface area contributed by atoms with Crippen molar-refractivity contribution in [3.63, 3.8) is 0 Å². The Kier molecular flexibility index (Phi) is 5.37. The Morgan fingerprint density at radius 2 is 2.12 bits per heavy atom. The van der Waals surface area contributed by atoms with E-state index in [0.29, 0.717) is 13.1 Å². The highest BCUT2D eigenvalue weighted by atomic mass is 16.2. The molecule has 0 unspecified atom stereocenters. The minimum absolute atomic E-state index is 0.0384. The third-order valence-electron chi connectivity index (χ3n) is 2.72. The molecule has 0 aromatic rings. The molecule has 0 atom stereocenters. The first kappa shape index (κ1) is 13.9. The summed E-state index contributed by atoms with van der Waals surface area (Å²) < 4.78 is 0. The van der Waals surface area contributed by atoms with Crippen molar-refractivity contribution < 1.29 is 9.59 Å². The molecule has 1 fully saturated rings. The van der Waals surface area contributed by atoms with Gasteiger partial charge in [-0.2, -0.15) is 0 Å². The molecule has 1 saturated heterocycles. The predicted molar refractivity (Wildman–Crippen MR) is 65.4 cm³/mol. The summed E-state index contributed by atoms with van der Waals surface area (Å²) in [6.45, 7) is 4.65. The number of hydrogen-bond donors (Lipinski definition) is 2. The second-order valence-corrected chi connectivity index (χ2v) is 4.55. The molecule has 0 radical (unpaired) electrons. The summed E-state index contributed by atoms with van der Waals surface area (Å²) in [7, 11) is 1.65. The average molecular weight is 242 g/mol. The Hall–Kier alpha value is -1.14. The van der Waals surface area contributed by atoms with Crippen molar-refractivity contribution in [3.05, 3.63) is 0 Å². The summed E-state index contributed by atoms with van der Waals surface area (Å²) in [4.78, 5) is 26.6. The van der Waals surface area contributed by atoms with Crippen LogP contribution in [0.3, 0.4) is 0 Å². The fraction of sp³-hybridized carbons (Fsp3) is 0.818. The van der Waals surface area contributed by atoms with E-state index >= 15 is 0 Å². The maximum atomic E-state index is 11.7. The van der Waals surface area contributed by atoms with E-state index in [-0.39, 0.29) is 24.4 Å². The summed E-state index contributed by atoms with van der Waals surface area (Å²) in [5.41, 5.74) is 5.63. The fourth-order valence-corrected chi connectivity index (χ4v) is 1.67. The SMILES string of the molecule is CCCNC(=O)CN(C)C(=O)CN1CC(N)C1. The Bertz CT molecular complexity index is 277. The molecule has 17 heavy (non-hydrogen) atoms. The van der Waals surface area contributed by atoms with E-state index in [1.54, 1.807) is 7.05 Å². The molecule has 98 valence electrons. The smallest absolute Gasteiger partial charge is 0.239 e. The Morgan fingerprint density at radius 3 is 2.65 bits per heavy atom. The summed E-state index contributed by atoms with van der Waals surface area (Å²) in [5, 5.41) is 2.74. The molecule has 1 aliphatic heterocycles. The molecule has 1 heterocycles. The minimum atomic E-state index is -0.108. The molecule has 6 nitrogen and oxygen atoms in total. The topological polar surface area (TPSA) is 78.7 Å². The van der Waals surface area contributed by atoms with Crippen molar-refractivity contribution in [3.8, 4) is 0 Å². The van der Waals surface area contributed by atoms with Gasteiger partial charge in [0.2, 0.25) is 11.8 Å². The van der Waals surface area contributed by atoms with Crippen molar-refractivity contribution in [2.45, 2.75) is 19.4 Å². The highest BCUT2D eigenvalue weighted by Gasteiger charge is 2.26. The second kappa shape index (κ2) is 6.56. The van der Waals surface area contributed by atoms with Crippen LogP contribution >= 0.6 is 0 Å². The van der Waals surface area contributed by atoms with Gasteiger partial charge in [0.1, 0.15) is 0 Å². The van der Waals surface area contributed by atoms with Gasteiger partial charge in [0.15, 0.2) is 0 Å². The molecule has 0 aromatic heterocycles. The first-order valence-corrected chi connectivity index (χ1v) is 6.01. The molecule has 2 amide bonds. The van der Waals surface area contributed by atoms with Crippen LogP contribution in [0.4, 0.5) is 0 Å². The summed E-state index contributed by atoms with van der Waals surface area (Å²) in [6.07, 6.45) is 0.898. The van der Waals surface area contributed by atoms with Crippen LogP contribution in [-0.4, -0.2) is 67.4 Å². The van der Waals surface area contributed by atoms with Crippen LogP contribution in [0.1, 0.15) is 13.3 Å². The molecule has 3 N–H and O–H groups in total. The monoisotopic (exact) mass is 242 g/mol. The van der Waals surface area contributed by atoms with Crippen molar-refractivity contribution in [2.24, 2.45) is 5.73 Å². The first-order chi connectivity index (χ1) is 8.02. The largest absolute Gasteiger partial charge is 0.355 e.